The highest BCUT2D eigenvalue weighted by molar-refractivity contribution is 5.77. The molecule has 102 valence electrons. The Labute approximate surface area is 109 Å². The van der Waals surface area contributed by atoms with E-state index >= 15 is 0 Å². The van der Waals surface area contributed by atoms with Gasteiger partial charge < -0.3 is 10.8 Å². The Morgan fingerprint density at radius 3 is 2.61 bits per heavy atom. The molecule has 0 aromatic heterocycles. The van der Waals surface area contributed by atoms with E-state index < -0.39 is 0 Å². The molecule has 4 fully saturated rings. The van der Waals surface area contributed by atoms with E-state index in [1.165, 1.54) is 25.7 Å². The molecule has 1 amide bonds. The van der Waals surface area contributed by atoms with E-state index in [9.17, 15) is 9.90 Å². The summed E-state index contributed by atoms with van der Waals surface area (Å²) in [6.45, 7) is 2.38. The van der Waals surface area contributed by atoms with Gasteiger partial charge in [0.15, 0.2) is 0 Å². The van der Waals surface area contributed by atoms with Crippen LogP contribution < -0.4 is 5.73 Å². The van der Waals surface area contributed by atoms with Gasteiger partial charge in [-0.1, -0.05) is 6.92 Å². The molecule has 0 radical (unpaired) electrons. The van der Waals surface area contributed by atoms with Gasteiger partial charge in [0, 0.05) is 12.5 Å². The number of aliphatic hydroxyl groups is 1. The van der Waals surface area contributed by atoms with Crippen molar-refractivity contribution in [1.29, 1.82) is 0 Å². The van der Waals surface area contributed by atoms with Gasteiger partial charge in [0.05, 0.1) is 0 Å². The number of nitrogens with two attached hydrogens (primary N) is 1. The van der Waals surface area contributed by atoms with Gasteiger partial charge >= 0.3 is 0 Å². The molecule has 4 rings (SSSR count). The highest BCUT2D eigenvalue weighted by Crippen LogP contribution is 2.60. The summed E-state index contributed by atoms with van der Waals surface area (Å²) in [5.74, 6) is 3.66. The van der Waals surface area contributed by atoms with Gasteiger partial charge in [0.25, 0.3) is 0 Å². The molecule has 0 aromatic carbocycles. The highest BCUT2D eigenvalue weighted by Gasteiger charge is 2.55. The van der Waals surface area contributed by atoms with E-state index in [4.69, 9.17) is 5.73 Å². The Balaban J connectivity index is 1.88. The molecule has 0 saturated heterocycles. The van der Waals surface area contributed by atoms with Gasteiger partial charge in [-0.15, -0.1) is 0 Å². The number of carbonyl (C=O) groups excluding carboxylic acids is 1. The van der Waals surface area contributed by atoms with Crippen LogP contribution in [0.1, 0.15) is 39.0 Å². The fourth-order valence-corrected chi connectivity index (χ4v) is 5.67. The van der Waals surface area contributed by atoms with E-state index in [0.29, 0.717) is 30.3 Å². The summed E-state index contributed by atoms with van der Waals surface area (Å²) in [6.07, 6.45) is 5.94. The zero-order valence-electron chi connectivity index (χ0n) is 11.2. The van der Waals surface area contributed by atoms with Crippen LogP contribution in [0.25, 0.3) is 0 Å². The molecular weight excluding hydrogens is 226 g/mol. The molecule has 0 spiro atoms. The molecule has 4 saturated carbocycles. The predicted octanol–water partition coefficient (Wildman–Crippen LogP) is 1.79. The lowest BCUT2D eigenvalue weighted by atomic mass is 9.46. The maximum Gasteiger partial charge on any atom is 0.220 e. The van der Waals surface area contributed by atoms with Crippen LogP contribution >= 0.6 is 0 Å². The Morgan fingerprint density at radius 1 is 1.28 bits per heavy atom. The first-order valence-electron chi connectivity index (χ1n) is 7.55. The van der Waals surface area contributed by atoms with Crippen molar-refractivity contribution in [3.63, 3.8) is 0 Å². The van der Waals surface area contributed by atoms with Crippen molar-refractivity contribution in [3.8, 4) is 0 Å². The third-order valence-corrected chi connectivity index (χ3v) is 6.16. The van der Waals surface area contributed by atoms with Crippen LogP contribution in [0.4, 0.5) is 0 Å². The van der Waals surface area contributed by atoms with Crippen LogP contribution in [0.3, 0.4) is 0 Å². The van der Waals surface area contributed by atoms with Gasteiger partial charge in [-0.3, -0.25) is 4.79 Å². The van der Waals surface area contributed by atoms with E-state index in [2.05, 4.69) is 6.92 Å². The molecule has 0 aromatic rings. The molecule has 4 aliphatic carbocycles. The van der Waals surface area contributed by atoms with Crippen molar-refractivity contribution in [3.05, 3.63) is 0 Å². The SMILES string of the molecule is CCC(C(N)=O)C1C2CC3CC(C2)C(CO)C1C3. The molecule has 18 heavy (non-hydrogen) atoms. The normalized spacial score (nSPS) is 47.2. The molecule has 4 bridgehead atoms. The fraction of sp³-hybridized carbons (Fsp3) is 0.933. The first kappa shape index (κ1) is 12.5. The largest absolute Gasteiger partial charge is 0.396 e. The quantitative estimate of drug-likeness (QED) is 0.800. The number of hydrogen-bond donors (Lipinski definition) is 2. The van der Waals surface area contributed by atoms with Crippen molar-refractivity contribution >= 4 is 5.91 Å². The smallest absolute Gasteiger partial charge is 0.220 e. The number of hydrogen-bond acceptors (Lipinski definition) is 2. The van der Waals surface area contributed by atoms with Crippen molar-refractivity contribution < 1.29 is 9.90 Å². The summed E-state index contributed by atoms with van der Waals surface area (Å²) in [5.41, 5.74) is 5.61. The molecule has 0 aliphatic heterocycles. The van der Waals surface area contributed by atoms with Crippen LogP contribution in [0, 0.1) is 41.4 Å². The summed E-state index contributed by atoms with van der Waals surface area (Å²) >= 11 is 0. The zero-order chi connectivity index (χ0) is 12.9. The van der Waals surface area contributed by atoms with E-state index in [-0.39, 0.29) is 11.8 Å². The number of carbonyl (C=O) groups is 1. The minimum Gasteiger partial charge on any atom is -0.396 e. The van der Waals surface area contributed by atoms with E-state index in [0.717, 1.165) is 18.3 Å². The molecule has 3 heteroatoms. The van der Waals surface area contributed by atoms with Crippen molar-refractivity contribution in [2.24, 2.45) is 47.2 Å². The van der Waals surface area contributed by atoms with Gasteiger partial charge in [0.2, 0.25) is 5.91 Å². The first-order valence-corrected chi connectivity index (χ1v) is 7.55. The third kappa shape index (κ3) is 1.70. The Hall–Kier alpha value is -0.570. The van der Waals surface area contributed by atoms with Gasteiger partial charge in [-0.2, -0.15) is 0 Å². The van der Waals surface area contributed by atoms with Crippen LogP contribution in [-0.4, -0.2) is 17.6 Å². The number of aliphatic hydroxyl groups excluding tert-OH is 1. The van der Waals surface area contributed by atoms with Gasteiger partial charge in [0.1, 0.15) is 0 Å². The molecule has 4 aliphatic rings. The van der Waals surface area contributed by atoms with Crippen LogP contribution in [0.15, 0.2) is 0 Å². The lowest BCUT2D eigenvalue weighted by molar-refractivity contribution is -0.142. The maximum absolute atomic E-state index is 11.7. The van der Waals surface area contributed by atoms with Gasteiger partial charge in [-0.25, -0.2) is 0 Å². The Bertz CT molecular complexity index is 343. The molecule has 7 atom stereocenters. The third-order valence-electron chi connectivity index (χ3n) is 6.16. The summed E-state index contributed by atoms with van der Waals surface area (Å²) in [7, 11) is 0. The molecule has 0 heterocycles. The van der Waals surface area contributed by atoms with Crippen LogP contribution in [0.2, 0.25) is 0 Å². The average Bonchev–Trinajstić information content (AvgIpc) is 2.33. The monoisotopic (exact) mass is 251 g/mol. The summed E-state index contributed by atoms with van der Waals surface area (Å²) in [4.78, 5) is 11.7. The predicted molar refractivity (Wildman–Crippen MR) is 69.5 cm³/mol. The van der Waals surface area contributed by atoms with E-state index in [1.807, 2.05) is 0 Å². The Morgan fingerprint density at radius 2 is 2.00 bits per heavy atom. The number of rotatable bonds is 4. The standard InChI is InChI=1S/C15H25NO2/c1-2-11(15(16)18)14-10-4-8-3-9(6-10)13(7-17)12(14)5-8/h8-14,17H,2-7H2,1H3,(H2,16,18). The summed E-state index contributed by atoms with van der Waals surface area (Å²) in [6, 6.07) is 0. The molecular formula is C15H25NO2. The summed E-state index contributed by atoms with van der Waals surface area (Å²) in [5, 5.41) is 9.69. The first-order chi connectivity index (χ1) is 8.65. The second-order valence-corrected chi connectivity index (χ2v) is 6.83. The molecule has 3 N–H and O–H groups in total. The number of primary amides is 1. The second-order valence-electron chi connectivity index (χ2n) is 6.83. The Kier molecular flexibility index (Phi) is 3.13. The highest BCUT2D eigenvalue weighted by atomic mass is 16.3. The minimum absolute atomic E-state index is 0.0362. The van der Waals surface area contributed by atoms with Crippen molar-refractivity contribution in [2.45, 2.75) is 39.0 Å². The van der Waals surface area contributed by atoms with Gasteiger partial charge in [-0.05, 0) is 67.6 Å². The summed E-state index contributed by atoms with van der Waals surface area (Å²) < 4.78 is 0. The maximum atomic E-state index is 11.7. The van der Waals surface area contributed by atoms with Crippen LogP contribution in [0.5, 0.6) is 0 Å². The lowest BCUT2D eigenvalue weighted by Gasteiger charge is -2.59. The lowest BCUT2D eigenvalue weighted by Crippen LogP contribution is -2.55. The van der Waals surface area contributed by atoms with Crippen LogP contribution in [-0.2, 0) is 4.79 Å². The fourth-order valence-electron chi connectivity index (χ4n) is 5.67. The molecule has 3 nitrogen and oxygen atoms in total. The second kappa shape index (κ2) is 4.52. The minimum atomic E-state index is -0.119. The topological polar surface area (TPSA) is 63.3 Å². The van der Waals surface area contributed by atoms with Crippen molar-refractivity contribution in [1.82, 2.24) is 0 Å². The zero-order valence-corrected chi connectivity index (χ0v) is 11.2. The van der Waals surface area contributed by atoms with E-state index in [1.54, 1.807) is 0 Å². The van der Waals surface area contributed by atoms with Crippen molar-refractivity contribution in [2.75, 3.05) is 6.61 Å². The molecule has 7 unspecified atom stereocenters. The average molecular weight is 251 g/mol. The number of amides is 1.